The molecule has 14 heavy (non-hydrogen) atoms. The lowest BCUT2D eigenvalue weighted by atomic mass is 10.0. The second-order valence-electron chi connectivity index (χ2n) is 3.46. The fourth-order valence-electron chi connectivity index (χ4n) is 1.06. The van der Waals surface area contributed by atoms with Crippen molar-refractivity contribution in [2.75, 3.05) is 13.7 Å². The molecule has 1 unspecified atom stereocenters. The van der Waals surface area contributed by atoms with E-state index in [9.17, 15) is 0 Å². The van der Waals surface area contributed by atoms with Crippen molar-refractivity contribution in [1.29, 1.82) is 0 Å². The molecule has 1 atom stereocenters. The molecule has 0 spiro atoms. The van der Waals surface area contributed by atoms with Crippen molar-refractivity contribution in [2.24, 2.45) is 5.73 Å². The lowest BCUT2D eigenvalue weighted by Crippen LogP contribution is -2.34. The van der Waals surface area contributed by atoms with Gasteiger partial charge in [0.25, 0.3) is 0 Å². The van der Waals surface area contributed by atoms with Crippen molar-refractivity contribution < 1.29 is 4.74 Å². The van der Waals surface area contributed by atoms with Crippen LogP contribution in [-0.4, -0.2) is 19.3 Å². The Labute approximate surface area is 85.4 Å². The predicted molar refractivity (Wildman–Crippen MR) is 59.9 cm³/mol. The quantitative estimate of drug-likeness (QED) is 0.790. The second kappa shape index (κ2) is 4.94. The third-order valence-corrected chi connectivity index (χ3v) is 2.30. The highest BCUT2D eigenvalue weighted by molar-refractivity contribution is 5.50. The molecular formula is C12H17NO. The fourth-order valence-corrected chi connectivity index (χ4v) is 1.06. The molecule has 0 aromatic heterocycles. The molecule has 76 valence electrons. The minimum Gasteiger partial charge on any atom is -0.373 e. The van der Waals surface area contributed by atoms with Gasteiger partial charge in [0, 0.05) is 13.7 Å². The van der Waals surface area contributed by atoms with Gasteiger partial charge in [0.15, 0.2) is 0 Å². The second-order valence-corrected chi connectivity index (χ2v) is 3.46. The number of methoxy groups -OCH3 is 1. The van der Waals surface area contributed by atoms with Crippen LogP contribution in [0, 0.1) is 0 Å². The van der Waals surface area contributed by atoms with Gasteiger partial charge in [-0.1, -0.05) is 42.5 Å². The summed E-state index contributed by atoms with van der Waals surface area (Å²) in [5.41, 5.74) is 6.40. The van der Waals surface area contributed by atoms with Crippen molar-refractivity contribution in [2.45, 2.75) is 12.5 Å². The minimum atomic E-state index is -0.365. The molecule has 0 saturated carbocycles. The zero-order valence-electron chi connectivity index (χ0n) is 8.73. The summed E-state index contributed by atoms with van der Waals surface area (Å²) in [4.78, 5) is 0. The van der Waals surface area contributed by atoms with E-state index in [1.165, 1.54) is 0 Å². The molecule has 0 aliphatic carbocycles. The highest BCUT2D eigenvalue weighted by Crippen LogP contribution is 2.11. The summed E-state index contributed by atoms with van der Waals surface area (Å²) in [6.45, 7) is 2.44. The molecule has 0 bridgehead atoms. The standard InChI is InChI=1S/C12H17NO/c1-12(10-13,14-2)9-8-11-6-4-3-5-7-11/h3-9H,10,13H2,1-2H3/b9-8+. The topological polar surface area (TPSA) is 35.2 Å². The van der Waals surface area contributed by atoms with Crippen molar-refractivity contribution in [3.05, 3.63) is 42.0 Å². The maximum Gasteiger partial charge on any atom is 0.0955 e. The largest absolute Gasteiger partial charge is 0.373 e. The SMILES string of the molecule is COC(C)(/C=C/c1ccccc1)CN. The van der Waals surface area contributed by atoms with Crippen molar-refractivity contribution in [1.82, 2.24) is 0 Å². The van der Waals surface area contributed by atoms with Crippen LogP contribution in [0.25, 0.3) is 6.08 Å². The number of rotatable bonds is 4. The summed E-state index contributed by atoms with van der Waals surface area (Å²) in [5.74, 6) is 0. The average molecular weight is 191 g/mol. The lowest BCUT2D eigenvalue weighted by molar-refractivity contribution is 0.0572. The van der Waals surface area contributed by atoms with Gasteiger partial charge in [-0.2, -0.15) is 0 Å². The van der Waals surface area contributed by atoms with E-state index in [0.717, 1.165) is 5.56 Å². The average Bonchev–Trinajstić information content (AvgIpc) is 2.27. The highest BCUT2D eigenvalue weighted by atomic mass is 16.5. The molecule has 0 amide bonds. The summed E-state index contributed by atoms with van der Waals surface area (Å²) in [5, 5.41) is 0. The molecule has 0 heterocycles. The number of nitrogens with two attached hydrogens (primary N) is 1. The van der Waals surface area contributed by atoms with Gasteiger partial charge in [-0.25, -0.2) is 0 Å². The zero-order valence-corrected chi connectivity index (χ0v) is 8.73. The Kier molecular flexibility index (Phi) is 3.86. The molecule has 2 nitrogen and oxygen atoms in total. The van der Waals surface area contributed by atoms with Crippen molar-refractivity contribution >= 4 is 6.08 Å². The van der Waals surface area contributed by atoms with E-state index in [4.69, 9.17) is 10.5 Å². The van der Waals surface area contributed by atoms with Gasteiger partial charge < -0.3 is 10.5 Å². The van der Waals surface area contributed by atoms with Crippen LogP contribution in [0.3, 0.4) is 0 Å². The Morgan fingerprint density at radius 3 is 2.50 bits per heavy atom. The number of hydrogen-bond acceptors (Lipinski definition) is 2. The Bertz CT molecular complexity index is 288. The monoisotopic (exact) mass is 191 g/mol. The normalized spacial score (nSPS) is 15.6. The first-order chi connectivity index (χ1) is 6.70. The van der Waals surface area contributed by atoms with Gasteiger partial charge in [-0.3, -0.25) is 0 Å². The van der Waals surface area contributed by atoms with Crippen molar-refractivity contribution in [3.63, 3.8) is 0 Å². The van der Waals surface area contributed by atoms with Crippen LogP contribution in [-0.2, 0) is 4.74 Å². The maximum absolute atomic E-state index is 5.61. The number of ether oxygens (including phenoxy) is 1. The maximum atomic E-state index is 5.61. The van der Waals surface area contributed by atoms with Crippen LogP contribution >= 0.6 is 0 Å². The summed E-state index contributed by atoms with van der Waals surface area (Å²) >= 11 is 0. The Hall–Kier alpha value is -1.12. The van der Waals surface area contributed by atoms with E-state index < -0.39 is 0 Å². The summed E-state index contributed by atoms with van der Waals surface area (Å²) in [6, 6.07) is 10.1. The number of benzene rings is 1. The summed E-state index contributed by atoms with van der Waals surface area (Å²) < 4.78 is 5.30. The molecule has 1 aromatic carbocycles. The molecular weight excluding hydrogens is 174 g/mol. The predicted octanol–water partition coefficient (Wildman–Crippen LogP) is 2.06. The number of hydrogen-bond donors (Lipinski definition) is 1. The highest BCUT2D eigenvalue weighted by Gasteiger charge is 2.16. The van der Waals surface area contributed by atoms with E-state index in [-0.39, 0.29) is 5.60 Å². The van der Waals surface area contributed by atoms with E-state index in [1.807, 2.05) is 49.4 Å². The van der Waals surface area contributed by atoms with Crippen LogP contribution in [0.15, 0.2) is 36.4 Å². The molecule has 2 heteroatoms. The van der Waals surface area contributed by atoms with Crippen LogP contribution in [0.2, 0.25) is 0 Å². The van der Waals surface area contributed by atoms with Gasteiger partial charge in [-0.15, -0.1) is 0 Å². The molecule has 1 aromatic rings. The molecule has 0 fully saturated rings. The first kappa shape index (κ1) is 11.0. The van der Waals surface area contributed by atoms with E-state index in [2.05, 4.69) is 0 Å². The molecule has 0 radical (unpaired) electrons. The van der Waals surface area contributed by atoms with Gasteiger partial charge in [0.05, 0.1) is 5.60 Å². The van der Waals surface area contributed by atoms with E-state index in [1.54, 1.807) is 7.11 Å². The first-order valence-corrected chi connectivity index (χ1v) is 4.70. The Morgan fingerprint density at radius 1 is 1.36 bits per heavy atom. The van der Waals surface area contributed by atoms with Crippen LogP contribution < -0.4 is 5.73 Å². The zero-order chi connectivity index (χ0) is 10.4. The van der Waals surface area contributed by atoms with E-state index >= 15 is 0 Å². The molecule has 1 rings (SSSR count). The van der Waals surface area contributed by atoms with Gasteiger partial charge in [-0.05, 0) is 12.5 Å². The van der Waals surface area contributed by atoms with Crippen LogP contribution in [0.4, 0.5) is 0 Å². The van der Waals surface area contributed by atoms with E-state index in [0.29, 0.717) is 6.54 Å². The Balaban J connectivity index is 2.72. The fraction of sp³-hybridized carbons (Fsp3) is 0.333. The molecule has 2 N–H and O–H groups in total. The van der Waals surface area contributed by atoms with Gasteiger partial charge in [0.2, 0.25) is 0 Å². The molecule has 0 saturated heterocycles. The van der Waals surface area contributed by atoms with Crippen LogP contribution in [0.1, 0.15) is 12.5 Å². The van der Waals surface area contributed by atoms with Gasteiger partial charge >= 0.3 is 0 Å². The lowest BCUT2D eigenvalue weighted by Gasteiger charge is -2.21. The van der Waals surface area contributed by atoms with Gasteiger partial charge in [0.1, 0.15) is 0 Å². The minimum absolute atomic E-state index is 0.365. The first-order valence-electron chi connectivity index (χ1n) is 4.70. The third kappa shape index (κ3) is 2.98. The third-order valence-electron chi connectivity index (χ3n) is 2.30. The molecule has 0 aliphatic rings. The Morgan fingerprint density at radius 2 is 2.00 bits per heavy atom. The summed E-state index contributed by atoms with van der Waals surface area (Å²) in [6.07, 6.45) is 4.01. The smallest absolute Gasteiger partial charge is 0.0955 e. The summed E-state index contributed by atoms with van der Waals surface area (Å²) in [7, 11) is 1.67. The molecule has 0 aliphatic heterocycles. The van der Waals surface area contributed by atoms with Crippen LogP contribution in [0.5, 0.6) is 0 Å². The van der Waals surface area contributed by atoms with Crippen molar-refractivity contribution in [3.8, 4) is 0 Å².